The second-order valence-corrected chi connectivity index (χ2v) is 7.32. The van der Waals surface area contributed by atoms with Crippen molar-refractivity contribution in [3.05, 3.63) is 60.7 Å². The zero-order chi connectivity index (χ0) is 19.2. The smallest absolute Gasteiger partial charge is 0.0662 e. The van der Waals surface area contributed by atoms with Gasteiger partial charge in [0.2, 0.25) is 0 Å². The molecule has 138 valence electrons. The lowest BCUT2D eigenvalue weighted by molar-refractivity contribution is 0.345. The van der Waals surface area contributed by atoms with Crippen molar-refractivity contribution in [1.82, 2.24) is 14.9 Å². The van der Waals surface area contributed by atoms with Gasteiger partial charge < -0.3 is 10.2 Å². The topological polar surface area (TPSA) is 53.4 Å². The Hall–Kier alpha value is -2.53. The van der Waals surface area contributed by atoms with E-state index in [1.54, 1.807) is 18.6 Å². The van der Waals surface area contributed by atoms with E-state index in [-0.39, 0.29) is 5.54 Å². The van der Waals surface area contributed by atoms with Crippen LogP contribution in [0.2, 0.25) is 0 Å². The first-order valence-electron chi connectivity index (χ1n) is 8.80. The second kappa shape index (κ2) is 8.72. The van der Waals surface area contributed by atoms with Gasteiger partial charge >= 0.3 is 0 Å². The van der Waals surface area contributed by atoms with Crippen molar-refractivity contribution in [1.29, 1.82) is 0 Å². The summed E-state index contributed by atoms with van der Waals surface area (Å²) in [5, 5.41) is 3.37. The summed E-state index contributed by atoms with van der Waals surface area (Å²) in [5.41, 5.74) is 4.60. The van der Waals surface area contributed by atoms with E-state index < -0.39 is 0 Å². The number of hydrogen-bond acceptors (Lipinski definition) is 5. The Kier molecular flexibility index (Phi) is 6.64. The fraction of sp³-hybridized carbons (Fsp3) is 0.381. The zero-order valence-electron chi connectivity index (χ0n) is 16.5. The lowest BCUT2D eigenvalue weighted by Crippen LogP contribution is -2.26. The average molecular weight is 351 g/mol. The lowest BCUT2D eigenvalue weighted by atomic mass is 10.00. The van der Waals surface area contributed by atoms with Crippen LogP contribution in [0, 0.1) is 0 Å². The van der Waals surface area contributed by atoms with Crippen molar-refractivity contribution >= 4 is 17.1 Å². The molecule has 0 radical (unpaired) electrons. The van der Waals surface area contributed by atoms with Gasteiger partial charge in [0.1, 0.15) is 0 Å². The third-order valence-corrected chi connectivity index (χ3v) is 4.17. The predicted octanol–water partition coefficient (Wildman–Crippen LogP) is 4.10. The van der Waals surface area contributed by atoms with Gasteiger partial charge in [-0.2, -0.15) is 0 Å². The molecule has 0 aromatic carbocycles. The lowest BCUT2D eigenvalue weighted by Gasteiger charge is -2.24. The zero-order valence-corrected chi connectivity index (χ0v) is 16.5. The van der Waals surface area contributed by atoms with Crippen LogP contribution in [0.5, 0.6) is 0 Å². The molecule has 2 heterocycles. The van der Waals surface area contributed by atoms with Gasteiger partial charge in [-0.25, -0.2) is 0 Å². The summed E-state index contributed by atoms with van der Waals surface area (Å²) in [6.45, 7) is 11.5. The van der Waals surface area contributed by atoms with Crippen LogP contribution in [0.25, 0.3) is 5.70 Å². The second-order valence-electron chi connectivity index (χ2n) is 7.32. The van der Waals surface area contributed by atoms with Gasteiger partial charge in [-0.05, 0) is 66.0 Å². The number of aliphatic imine (C=N–C) groups is 1. The number of anilines is 1. The first kappa shape index (κ1) is 19.8. The van der Waals surface area contributed by atoms with Crippen molar-refractivity contribution in [3.63, 3.8) is 0 Å². The van der Waals surface area contributed by atoms with Gasteiger partial charge in [0, 0.05) is 41.1 Å². The van der Waals surface area contributed by atoms with E-state index in [9.17, 15) is 0 Å². The molecule has 5 nitrogen and oxygen atoms in total. The number of hydrogen-bond donors (Lipinski definition) is 1. The van der Waals surface area contributed by atoms with E-state index in [4.69, 9.17) is 4.99 Å². The van der Waals surface area contributed by atoms with Gasteiger partial charge in [0.15, 0.2) is 0 Å². The van der Waals surface area contributed by atoms with Crippen molar-refractivity contribution in [2.75, 3.05) is 26.0 Å². The maximum atomic E-state index is 4.97. The molecule has 0 spiro atoms. The number of aromatic nitrogens is 2. The van der Waals surface area contributed by atoms with Crippen LogP contribution in [-0.4, -0.2) is 46.8 Å². The maximum absolute atomic E-state index is 4.97. The highest BCUT2D eigenvalue weighted by atomic mass is 15.1. The van der Waals surface area contributed by atoms with Crippen molar-refractivity contribution in [3.8, 4) is 0 Å². The predicted molar refractivity (Wildman–Crippen MR) is 111 cm³/mol. The first-order valence-corrected chi connectivity index (χ1v) is 8.80. The Morgan fingerprint density at radius 1 is 1.15 bits per heavy atom. The van der Waals surface area contributed by atoms with Crippen LogP contribution in [0.1, 0.15) is 38.3 Å². The molecule has 2 aromatic heterocycles. The SMILES string of the molecule is C=C(Nc1cnccc1C(C)=NC(C)(C)CCN(C)C)c1ccncc1. The molecule has 1 N–H and O–H groups in total. The molecule has 0 aliphatic rings. The van der Waals surface area contributed by atoms with Gasteiger partial charge in [-0.3, -0.25) is 15.0 Å². The molecule has 5 heteroatoms. The molecule has 0 saturated heterocycles. The standard InChI is InChI=1S/C21H29N5/c1-16(18-7-11-22-12-8-18)24-20-15-23-13-9-19(20)17(2)25-21(3,4)10-14-26(5)6/h7-9,11-13,15,24H,1,10,14H2,2-6H3. The molecule has 0 saturated carbocycles. The number of rotatable bonds is 8. The summed E-state index contributed by atoms with van der Waals surface area (Å²) >= 11 is 0. The fourth-order valence-corrected chi connectivity index (χ4v) is 2.66. The van der Waals surface area contributed by atoms with Crippen LogP contribution < -0.4 is 5.32 Å². The first-order chi connectivity index (χ1) is 12.3. The van der Waals surface area contributed by atoms with Gasteiger partial charge in [-0.15, -0.1) is 0 Å². The van der Waals surface area contributed by atoms with Gasteiger partial charge in [-0.1, -0.05) is 6.58 Å². The molecule has 0 unspecified atom stereocenters. The third-order valence-electron chi connectivity index (χ3n) is 4.17. The van der Waals surface area contributed by atoms with Crippen LogP contribution in [0.4, 0.5) is 5.69 Å². The van der Waals surface area contributed by atoms with Gasteiger partial charge in [0.25, 0.3) is 0 Å². The summed E-state index contributed by atoms with van der Waals surface area (Å²) in [4.78, 5) is 15.5. The summed E-state index contributed by atoms with van der Waals surface area (Å²) in [6.07, 6.45) is 8.11. The quantitative estimate of drug-likeness (QED) is 0.728. The highest BCUT2D eigenvalue weighted by Gasteiger charge is 2.18. The molecular weight excluding hydrogens is 322 g/mol. The van der Waals surface area contributed by atoms with Crippen LogP contribution in [0.15, 0.2) is 54.6 Å². The largest absolute Gasteiger partial charge is 0.354 e. The highest BCUT2D eigenvalue weighted by Crippen LogP contribution is 2.23. The molecule has 0 amide bonds. The molecule has 0 bridgehead atoms. The molecule has 2 aromatic rings. The molecule has 26 heavy (non-hydrogen) atoms. The summed E-state index contributed by atoms with van der Waals surface area (Å²) in [6, 6.07) is 5.84. The summed E-state index contributed by atoms with van der Waals surface area (Å²) in [7, 11) is 4.17. The van der Waals surface area contributed by atoms with Crippen molar-refractivity contribution in [2.24, 2.45) is 4.99 Å². The average Bonchev–Trinajstić information content (AvgIpc) is 2.61. The molecule has 2 rings (SSSR count). The monoisotopic (exact) mass is 351 g/mol. The molecule has 0 fully saturated rings. The van der Waals surface area contributed by atoms with Crippen LogP contribution >= 0.6 is 0 Å². The van der Waals surface area contributed by atoms with E-state index in [1.165, 1.54) is 0 Å². The Bertz CT molecular complexity index is 763. The van der Waals surface area contributed by atoms with E-state index in [0.717, 1.165) is 41.2 Å². The minimum absolute atomic E-state index is 0.128. The Morgan fingerprint density at radius 2 is 1.81 bits per heavy atom. The highest BCUT2D eigenvalue weighted by molar-refractivity contribution is 6.04. The summed E-state index contributed by atoms with van der Waals surface area (Å²) < 4.78 is 0. The van der Waals surface area contributed by atoms with Gasteiger partial charge in [0.05, 0.1) is 17.4 Å². The Balaban J connectivity index is 2.22. The number of nitrogens with one attached hydrogen (secondary N) is 1. The maximum Gasteiger partial charge on any atom is 0.0662 e. The molecular formula is C21H29N5. The summed E-state index contributed by atoms with van der Waals surface area (Å²) in [5.74, 6) is 0. The van der Waals surface area contributed by atoms with Crippen molar-refractivity contribution < 1.29 is 0 Å². The van der Waals surface area contributed by atoms with E-state index in [0.29, 0.717) is 0 Å². The normalized spacial score (nSPS) is 12.3. The van der Waals surface area contributed by atoms with E-state index >= 15 is 0 Å². The minimum atomic E-state index is -0.128. The third kappa shape index (κ3) is 5.77. The van der Waals surface area contributed by atoms with Crippen LogP contribution in [0.3, 0.4) is 0 Å². The Morgan fingerprint density at radius 3 is 2.46 bits per heavy atom. The number of nitrogens with zero attached hydrogens (tertiary/aromatic N) is 4. The Labute approximate surface area is 156 Å². The van der Waals surface area contributed by atoms with E-state index in [1.807, 2.05) is 31.3 Å². The molecule has 0 aliphatic carbocycles. The molecule has 0 aliphatic heterocycles. The molecule has 0 atom stereocenters. The fourth-order valence-electron chi connectivity index (χ4n) is 2.66. The van der Waals surface area contributed by atoms with E-state index in [2.05, 4.69) is 54.7 Å². The minimum Gasteiger partial charge on any atom is -0.354 e. The van der Waals surface area contributed by atoms with Crippen molar-refractivity contribution in [2.45, 2.75) is 32.7 Å². The number of pyridine rings is 2. The van der Waals surface area contributed by atoms with Crippen LogP contribution in [-0.2, 0) is 0 Å².